The largest absolute Gasteiger partial charge is 0.346 e. The first-order chi connectivity index (χ1) is 9.70. The van der Waals surface area contributed by atoms with E-state index in [1.54, 1.807) is 18.6 Å². The maximum Gasteiger partial charge on any atom is 0.226 e. The maximum absolute atomic E-state index is 12.0. The molecule has 0 aromatic carbocycles. The van der Waals surface area contributed by atoms with Gasteiger partial charge in [0.05, 0.1) is 18.2 Å². The Morgan fingerprint density at radius 1 is 1.40 bits per heavy atom. The molecule has 0 radical (unpaired) electrons. The second kappa shape index (κ2) is 6.74. The Labute approximate surface area is 117 Å². The minimum atomic E-state index is -0.187. The van der Waals surface area contributed by atoms with E-state index in [4.69, 9.17) is 0 Å². The van der Waals surface area contributed by atoms with Crippen molar-refractivity contribution in [3.8, 4) is 0 Å². The smallest absolute Gasteiger partial charge is 0.226 e. The van der Waals surface area contributed by atoms with Gasteiger partial charge in [-0.25, -0.2) is 9.67 Å². The highest BCUT2D eigenvalue weighted by Crippen LogP contribution is 2.09. The topological polar surface area (TPSA) is 85.6 Å². The molecule has 2 aromatic rings. The molecule has 1 N–H and O–H groups in total. The van der Waals surface area contributed by atoms with Crippen LogP contribution in [0.1, 0.15) is 37.8 Å². The van der Waals surface area contributed by atoms with E-state index in [0.717, 1.165) is 18.8 Å². The van der Waals surface area contributed by atoms with Crippen LogP contribution in [-0.2, 0) is 17.8 Å². The van der Waals surface area contributed by atoms with E-state index in [1.165, 1.54) is 6.33 Å². The molecule has 20 heavy (non-hydrogen) atoms. The zero-order valence-corrected chi connectivity index (χ0v) is 11.7. The third kappa shape index (κ3) is 3.59. The highest BCUT2D eigenvalue weighted by Gasteiger charge is 2.15. The van der Waals surface area contributed by atoms with E-state index in [9.17, 15) is 4.79 Å². The standard InChI is InChI=1S/C13H18N6O/c1-3-6-19-13(16-9-17-19)10(2)18-12(20)7-11-8-14-4-5-15-11/h4-5,8-10H,3,6-7H2,1-2H3,(H,18,20). The van der Waals surface area contributed by atoms with Crippen LogP contribution >= 0.6 is 0 Å². The van der Waals surface area contributed by atoms with Crippen LogP contribution in [0.5, 0.6) is 0 Å². The lowest BCUT2D eigenvalue weighted by molar-refractivity contribution is -0.121. The van der Waals surface area contributed by atoms with Gasteiger partial charge in [0.1, 0.15) is 12.2 Å². The first-order valence-corrected chi connectivity index (χ1v) is 6.62. The number of hydrogen-bond acceptors (Lipinski definition) is 5. The Hall–Kier alpha value is -2.31. The van der Waals surface area contributed by atoms with Gasteiger partial charge in [0, 0.05) is 25.1 Å². The monoisotopic (exact) mass is 274 g/mol. The van der Waals surface area contributed by atoms with Gasteiger partial charge in [0.2, 0.25) is 5.91 Å². The molecule has 106 valence electrons. The average molecular weight is 274 g/mol. The Morgan fingerprint density at radius 3 is 2.95 bits per heavy atom. The molecule has 0 saturated carbocycles. The molecule has 0 aliphatic heterocycles. The highest BCUT2D eigenvalue weighted by atomic mass is 16.1. The normalized spacial score (nSPS) is 12.1. The first-order valence-electron chi connectivity index (χ1n) is 6.62. The summed E-state index contributed by atoms with van der Waals surface area (Å²) in [6, 6.07) is -0.187. The van der Waals surface area contributed by atoms with E-state index in [2.05, 4.69) is 32.3 Å². The van der Waals surface area contributed by atoms with E-state index in [0.29, 0.717) is 5.69 Å². The van der Waals surface area contributed by atoms with Crippen molar-refractivity contribution in [2.24, 2.45) is 0 Å². The molecule has 0 bridgehead atoms. The van der Waals surface area contributed by atoms with Crippen molar-refractivity contribution >= 4 is 5.91 Å². The molecule has 7 heteroatoms. The second-order valence-electron chi connectivity index (χ2n) is 4.50. The van der Waals surface area contributed by atoms with Crippen molar-refractivity contribution in [3.63, 3.8) is 0 Å². The average Bonchev–Trinajstić information content (AvgIpc) is 2.88. The summed E-state index contributed by atoms with van der Waals surface area (Å²) in [5.41, 5.74) is 0.646. The Bertz CT molecular complexity index is 553. The summed E-state index contributed by atoms with van der Waals surface area (Å²) in [5, 5.41) is 7.05. The molecule has 2 heterocycles. The van der Waals surface area contributed by atoms with E-state index >= 15 is 0 Å². The number of aryl methyl sites for hydroxylation is 1. The minimum absolute atomic E-state index is 0.107. The van der Waals surface area contributed by atoms with Gasteiger partial charge < -0.3 is 5.32 Å². The number of rotatable bonds is 6. The minimum Gasteiger partial charge on any atom is -0.346 e. The lowest BCUT2D eigenvalue weighted by atomic mass is 10.2. The van der Waals surface area contributed by atoms with Gasteiger partial charge >= 0.3 is 0 Å². The molecule has 1 unspecified atom stereocenters. The molecule has 0 saturated heterocycles. The maximum atomic E-state index is 12.0. The number of nitrogens with one attached hydrogen (secondary N) is 1. The molecule has 2 aromatic heterocycles. The molecule has 0 aliphatic carbocycles. The first kappa shape index (κ1) is 14.1. The molecule has 7 nitrogen and oxygen atoms in total. The predicted octanol–water partition coefficient (Wildman–Crippen LogP) is 0.898. The molecule has 1 atom stereocenters. The lowest BCUT2D eigenvalue weighted by Crippen LogP contribution is -2.30. The molecule has 0 fully saturated rings. The van der Waals surface area contributed by atoms with Crippen LogP contribution in [0.4, 0.5) is 0 Å². The quantitative estimate of drug-likeness (QED) is 0.845. The van der Waals surface area contributed by atoms with Gasteiger partial charge in [-0.3, -0.25) is 14.8 Å². The molecule has 0 aliphatic rings. The fourth-order valence-corrected chi connectivity index (χ4v) is 1.94. The number of aromatic nitrogens is 5. The zero-order chi connectivity index (χ0) is 14.4. The third-order valence-corrected chi connectivity index (χ3v) is 2.80. The van der Waals surface area contributed by atoms with Gasteiger partial charge in [-0.05, 0) is 13.3 Å². The lowest BCUT2D eigenvalue weighted by Gasteiger charge is -2.14. The van der Waals surface area contributed by atoms with Crippen LogP contribution in [0, 0.1) is 0 Å². The summed E-state index contributed by atoms with van der Waals surface area (Å²) in [7, 11) is 0. The van der Waals surface area contributed by atoms with Crippen LogP contribution in [0.25, 0.3) is 0 Å². The van der Waals surface area contributed by atoms with E-state index in [-0.39, 0.29) is 18.4 Å². The second-order valence-corrected chi connectivity index (χ2v) is 4.50. The third-order valence-electron chi connectivity index (χ3n) is 2.80. The van der Waals surface area contributed by atoms with Gasteiger partial charge in [-0.1, -0.05) is 6.92 Å². The van der Waals surface area contributed by atoms with Crippen LogP contribution in [0.3, 0.4) is 0 Å². The molecule has 0 spiro atoms. The summed E-state index contributed by atoms with van der Waals surface area (Å²) >= 11 is 0. The number of amides is 1. The summed E-state index contributed by atoms with van der Waals surface area (Å²) in [4.78, 5) is 24.2. The van der Waals surface area contributed by atoms with Crippen LogP contribution < -0.4 is 5.32 Å². The van der Waals surface area contributed by atoms with E-state index < -0.39 is 0 Å². The Kier molecular flexibility index (Phi) is 4.75. The molecule has 2 rings (SSSR count). The molecular weight excluding hydrogens is 256 g/mol. The van der Waals surface area contributed by atoms with Crippen LogP contribution in [-0.4, -0.2) is 30.6 Å². The van der Waals surface area contributed by atoms with Gasteiger partial charge in [0.15, 0.2) is 0 Å². The van der Waals surface area contributed by atoms with Crippen molar-refractivity contribution in [3.05, 3.63) is 36.4 Å². The summed E-state index contributed by atoms with van der Waals surface area (Å²) in [6.07, 6.45) is 7.43. The van der Waals surface area contributed by atoms with E-state index in [1.807, 2.05) is 11.6 Å². The summed E-state index contributed by atoms with van der Waals surface area (Å²) in [5.74, 6) is 0.656. The fraction of sp³-hybridized carbons (Fsp3) is 0.462. The van der Waals surface area contributed by atoms with Crippen molar-refractivity contribution in [1.29, 1.82) is 0 Å². The number of hydrogen-bond donors (Lipinski definition) is 1. The number of carbonyl (C=O) groups is 1. The Morgan fingerprint density at radius 2 is 2.25 bits per heavy atom. The van der Waals surface area contributed by atoms with Gasteiger partial charge in [-0.15, -0.1) is 0 Å². The van der Waals surface area contributed by atoms with Gasteiger partial charge in [0.25, 0.3) is 0 Å². The highest BCUT2D eigenvalue weighted by molar-refractivity contribution is 5.78. The zero-order valence-electron chi connectivity index (χ0n) is 11.7. The summed E-state index contributed by atoms with van der Waals surface area (Å²) in [6.45, 7) is 4.76. The number of carbonyl (C=O) groups excluding carboxylic acids is 1. The van der Waals surface area contributed by atoms with Crippen molar-refractivity contribution in [1.82, 2.24) is 30.0 Å². The summed E-state index contributed by atoms with van der Waals surface area (Å²) < 4.78 is 1.81. The van der Waals surface area contributed by atoms with Crippen LogP contribution in [0.2, 0.25) is 0 Å². The van der Waals surface area contributed by atoms with Crippen molar-refractivity contribution in [2.45, 2.75) is 39.3 Å². The van der Waals surface area contributed by atoms with Crippen molar-refractivity contribution < 1.29 is 4.79 Å². The molecular formula is C13H18N6O. The number of nitrogens with zero attached hydrogens (tertiary/aromatic N) is 5. The predicted molar refractivity (Wildman–Crippen MR) is 72.6 cm³/mol. The molecule has 1 amide bonds. The van der Waals surface area contributed by atoms with Crippen LogP contribution in [0.15, 0.2) is 24.9 Å². The van der Waals surface area contributed by atoms with Gasteiger partial charge in [-0.2, -0.15) is 5.10 Å². The Balaban J connectivity index is 1.95. The fourth-order valence-electron chi connectivity index (χ4n) is 1.94. The SMILES string of the molecule is CCCn1ncnc1C(C)NC(=O)Cc1cnccn1. The van der Waals surface area contributed by atoms with Crippen molar-refractivity contribution in [2.75, 3.05) is 0 Å².